The number of aromatic nitrogens is 1. The minimum absolute atomic E-state index is 0.0495. The Kier molecular flexibility index (Phi) is 3.29. The van der Waals surface area contributed by atoms with E-state index >= 15 is 0 Å². The number of halogens is 1. The second-order valence-corrected chi connectivity index (χ2v) is 5.77. The lowest BCUT2D eigenvalue weighted by atomic mass is 10.3. The number of nitrogens with one attached hydrogen (secondary N) is 1. The van der Waals surface area contributed by atoms with Crippen LogP contribution in [-0.2, 0) is 9.84 Å². The van der Waals surface area contributed by atoms with Crippen LogP contribution in [0, 0.1) is 5.82 Å². The van der Waals surface area contributed by atoms with E-state index in [-0.39, 0.29) is 10.6 Å². The van der Waals surface area contributed by atoms with Crippen LogP contribution in [0.5, 0.6) is 0 Å². The van der Waals surface area contributed by atoms with Crippen molar-refractivity contribution >= 4 is 21.3 Å². The topological polar surface area (TPSA) is 59.1 Å². The molecule has 0 aliphatic carbocycles. The molecule has 0 unspecified atom stereocenters. The van der Waals surface area contributed by atoms with Crippen molar-refractivity contribution in [3.63, 3.8) is 0 Å². The van der Waals surface area contributed by atoms with Crippen molar-refractivity contribution in [1.29, 1.82) is 0 Å². The van der Waals surface area contributed by atoms with Gasteiger partial charge in [-0.3, -0.25) is 0 Å². The van der Waals surface area contributed by atoms with Crippen LogP contribution in [0.15, 0.2) is 47.5 Å². The van der Waals surface area contributed by atoms with Crippen molar-refractivity contribution in [2.45, 2.75) is 4.90 Å². The summed E-state index contributed by atoms with van der Waals surface area (Å²) in [4.78, 5) is 3.94. The van der Waals surface area contributed by atoms with E-state index in [0.717, 1.165) is 12.3 Å². The van der Waals surface area contributed by atoms with Crippen molar-refractivity contribution in [2.24, 2.45) is 0 Å². The van der Waals surface area contributed by atoms with E-state index in [0.29, 0.717) is 5.82 Å². The summed E-state index contributed by atoms with van der Waals surface area (Å²) in [6, 6.07) is 8.90. The Bertz CT molecular complexity index is 657. The maximum absolute atomic E-state index is 13.7. The molecule has 0 saturated carbocycles. The molecule has 0 fully saturated rings. The Hall–Kier alpha value is -1.95. The molecule has 1 heterocycles. The fourth-order valence-corrected chi connectivity index (χ4v) is 2.04. The molecular formula is C12H11FN2O2S. The highest BCUT2D eigenvalue weighted by Gasteiger charge is 2.11. The second-order valence-electron chi connectivity index (χ2n) is 3.75. The fraction of sp³-hybridized carbons (Fsp3) is 0.0833. The van der Waals surface area contributed by atoms with Gasteiger partial charge in [0.1, 0.15) is 11.6 Å². The predicted molar refractivity (Wildman–Crippen MR) is 67.0 cm³/mol. The van der Waals surface area contributed by atoms with Crippen LogP contribution in [0.25, 0.3) is 0 Å². The van der Waals surface area contributed by atoms with Crippen molar-refractivity contribution < 1.29 is 12.8 Å². The Morgan fingerprint density at radius 1 is 1.22 bits per heavy atom. The Morgan fingerprint density at radius 2 is 2.00 bits per heavy atom. The smallest absolute Gasteiger partial charge is 0.175 e. The van der Waals surface area contributed by atoms with Crippen LogP contribution in [0.3, 0.4) is 0 Å². The minimum Gasteiger partial charge on any atom is -0.338 e. The molecule has 0 amide bonds. The first-order valence-corrected chi connectivity index (χ1v) is 7.03. The van der Waals surface area contributed by atoms with Crippen molar-refractivity contribution in [2.75, 3.05) is 11.6 Å². The van der Waals surface area contributed by atoms with Crippen LogP contribution < -0.4 is 5.32 Å². The second kappa shape index (κ2) is 4.73. The summed E-state index contributed by atoms with van der Waals surface area (Å²) in [5.41, 5.74) is 0.182. The van der Waals surface area contributed by atoms with E-state index in [4.69, 9.17) is 0 Å². The van der Waals surface area contributed by atoms with Gasteiger partial charge in [-0.15, -0.1) is 0 Å². The van der Waals surface area contributed by atoms with Crippen LogP contribution >= 0.6 is 0 Å². The SMILES string of the molecule is CS(=O)(=O)c1ccc(Nc2ccccn2)c(F)c1. The van der Waals surface area contributed by atoms with Crippen LogP contribution in [0.2, 0.25) is 0 Å². The summed E-state index contributed by atoms with van der Waals surface area (Å²) in [5, 5.41) is 2.77. The van der Waals surface area contributed by atoms with Gasteiger partial charge in [-0.25, -0.2) is 17.8 Å². The van der Waals surface area contributed by atoms with Gasteiger partial charge in [-0.05, 0) is 30.3 Å². The van der Waals surface area contributed by atoms with Crippen LogP contribution in [0.4, 0.5) is 15.9 Å². The van der Waals surface area contributed by atoms with E-state index in [2.05, 4.69) is 10.3 Å². The molecule has 94 valence electrons. The summed E-state index contributed by atoms with van der Waals surface area (Å²) in [5.74, 6) is -0.146. The summed E-state index contributed by atoms with van der Waals surface area (Å²) >= 11 is 0. The number of hydrogen-bond donors (Lipinski definition) is 1. The zero-order chi connectivity index (χ0) is 13.2. The lowest BCUT2D eigenvalue weighted by Crippen LogP contribution is -2.00. The Morgan fingerprint density at radius 3 is 2.56 bits per heavy atom. The molecule has 0 aliphatic rings. The van der Waals surface area contributed by atoms with E-state index < -0.39 is 15.7 Å². The molecule has 0 saturated heterocycles. The van der Waals surface area contributed by atoms with Gasteiger partial charge in [0.05, 0.1) is 10.6 Å². The third-order valence-electron chi connectivity index (χ3n) is 2.30. The number of nitrogens with zero attached hydrogens (tertiary/aromatic N) is 1. The monoisotopic (exact) mass is 266 g/mol. The first-order valence-electron chi connectivity index (χ1n) is 5.14. The van der Waals surface area contributed by atoms with E-state index in [1.165, 1.54) is 12.1 Å². The third kappa shape index (κ3) is 2.84. The molecule has 0 radical (unpaired) electrons. The average Bonchev–Trinajstić information content (AvgIpc) is 2.32. The maximum Gasteiger partial charge on any atom is 0.175 e. The van der Waals surface area contributed by atoms with Gasteiger partial charge in [0.15, 0.2) is 9.84 Å². The van der Waals surface area contributed by atoms with Gasteiger partial charge in [-0.2, -0.15) is 0 Å². The van der Waals surface area contributed by atoms with Crippen LogP contribution in [0.1, 0.15) is 0 Å². The average molecular weight is 266 g/mol. The summed E-state index contributed by atoms with van der Waals surface area (Å²) in [6.07, 6.45) is 2.61. The zero-order valence-corrected chi connectivity index (χ0v) is 10.4. The van der Waals surface area contributed by atoms with Crippen molar-refractivity contribution in [3.05, 3.63) is 48.4 Å². The molecule has 2 aromatic rings. The van der Waals surface area contributed by atoms with E-state index in [1.807, 2.05) is 0 Å². The predicted octanol–water partition coefficient (Wildman–Crippen LogP) is 2.37. The standard InChI is InChI=1S/C12H11FN2O2S/c1-18(16,17)9-5-6-11(10(13)8-9)15-12-4-2-3-7-14-12/h2-8H,1H3,(H,14,15). The van der Waals surface area contributed by atoms with Crippen molar-refractivity contribution in [3.8, 4) is 0 Å². The fourth-order valence-electron chi connectivity index (χ4n) is 1.40. The van der Waals surface area contributed by atoms with Gasteiger partial charge in [-0.1, -0.05) is 6.07 Å². The molecule has 0 bridgehead atoms. The molecule has 4 nitrogen and oxygen atoms in total. The first-order chi connectivity index (χ1) is 8.47. The zero-order valence-electron chi connectivity index (χ0n) is 9.59. The number of anilines is 2. The minimum atomic E-state index is -3.40. The Labute approximate surface area is 104 Å². The summed E-state index contributed by atoms with van der Waals surface area (Å²) in [7, 11) is -3.40. The molecule has 1 aromatic carbocycles. The van der Waals surface area contributed by atoms with Gasteiger partial charge in [0.25, 0.3) is 0 Å². The number of sulfone groups is 1. The largest absolute Gasteiger partial charge is 0.338 e. The van der Waals surface area contributed by atoms with Crippen molar-refractivity contribution in [1.82, 2.24) is 4.98 Å². The lowest BCUT2D eigenvalue weighted by Gasteiger charge is -2.07. The quantitative estimate of drug-likeness (QED) is 0.926. The maximum atomic E-state index is 13.7. The highest BCUT2D eigenvalue weighted by Crippen LogP contribution is 2.21. The van der Waals surface area contributed by atoms with Gasteiger partial charge in [0, 0.05) is 12.5 Å². The molecule has 0 atom stereocenters. The van der Waals surface area contributed by atoms with E-state index in [1.54, 1.807) is 24.4 Å². The molecule has 0 aliphatic heterocycles. The highest BCUT2D eigenvalue weighted by atomic mass is 32.2. The molecule has 0 spiro atoms. The summed E-state index contributed by atoms with van der Waals surface area (Å²) < 4.78 is 36.2. The summed E-state index contributed by atoms with van der Waals surface area (Å²) in [6.45, 7) is 0. The van der Waals surface area contributed by atoms with Crippen LogP contribution in [-0.4, -0.2) is 19.7 Å². The number of hydrogen-bond acceptors (Lipinski definition) is 4. The number of benzene rings is 1. The molecular weight excluding hydrogens is 255 g/mol. The van der Waals surface area contributed by atoms with Gasteiger partial charge >= 0.3 is 0 Å². The molecule has 2 rings (SSSR count). The van der Waals surface area contributed by atoms with E-state index in [9.17, 15) is 12.8 Å². The van der Waals surface area contributed by atoms with Gasteiger partial charge in [0.2, 0.25) is 0 Å². The third-order valence-corrected chi connectivity index (χ3v) is 3.41. The van der Waals surface area contributed by atoms with Gasteiger partial charge < -0.3 is 5.32 Å². The molecule has 18 heavy (non-hydrogen) atoms. The Balaban J connectivity index is 2.32. The molecule has 6 heteroatoms. The first kappa shape index (κ1) is 12.5. The number of rotatable bonds is 3. The highest BCUT2D eigenvalue weighted by molar-refractivity contribution is 7.90. The molecule has 1 N–H and O–H groups in total. The molecule has 1 aromatic heterocycles. The normalized spacial score (nSPS) is 11.2. The number of pyridine rings is 1. The lowest BCUT2D eigenvalue weighted by molar-refractivity contribution is 0.596.